The first-order chi connectivity index (χ1) is 27.6. The Morgan fingerprint density at radius 2 is 1.54 bits per heavy atom. The monoisotopic (exact) mass is 811 g/mol. The van der Waals surface area contributed by atoms with E-state index in [1.165, 1.54) is 4.68 Å². The number of nitrogens with zero attached hydrogens (tertiary/aromatic N) is 12. The van der Waals surface area contributed by atoms with Crippen molar-refractivity contribution in [3.8, 4) is 11.8 Å². The molecule has 18 nitrogen and oxygen atoms in total. The molecule has 0 aliphatic carbocycles. The number of ether oxygens (including phenoxy) is 4. The highest BCUT2D eigenvalue weighted by atomic mass is 35.5. The van der Waals surface area contributed by atoms with Crippen molar-refractivity contribution >= 4 is 56.9 Å². The summed E-state index contributed by atoms with van der Waals surface area (Å²) >= 11 is 6.78. The van der Waals surface area contributed by atoms with Crippen LogP contribution in [0.5, 0.6) is 11.8 Å². The van der Waals surface area contributed by atoms with Crippen LogP contribution in [0.25, 0.3) is 22.1 Å². The molecular formula is C35H39ClF3N14O4+. The molecule has 0 aromatic carbocycles. The van der Waals surface area contributed by atoms with Crippen LogP contribution in [0.15, 0.2) is 12.4 Å². The highest BCUT2D eigenvalue weighted by molar-refractivity contribution is 6.34. The van der Waals surface area contributed by atoms with E-state index in [-0.39, 0.29) is 53.3 Å². The van der Waals surface area contributed by atoms with E-state index < -0.39 is 17.9 Å². The number of hydrogen-bond donors (Lipinski definition) is 2. The van der Waals surface area contributed by atoms with Crippen LogP contribution in [-0.2, 0) is 28.7 Å². The Bertz CT molecular complexity index is 2500. The minimum Gasteiger partial charge on any atom is -0.474 e. The van der Waals surface area contributed by atoms with Gasteiger partial charge in [0.25, 0.3) is 11.8 Å². The Hall–Kier alpha value is -5.28. The van der Waals surface area contributed by atoms with Crippen molar-refractivity contribution in [2.75, 3.05) is 50.3 Å². The summed E-state index contributed by atoms with van der Waals surface area (Å²) in [5.74, 6) is 1.07. The molecule has 2 atom stereocenters. The van der Waals surface area contributed by atoms with Crippen LogP contribution in [-0.4, -0.2) is 93.7 Å². The van der Waals surface area contributed by atoms with Gasteiger partial charge in [0, 0.05) is 39.0 Å². The van der Waals surface area contributed by atoms with E-state index >= 15 is 0 Å². The lowest BCUT2D eigenvalue weighted by atomic mass is 10.1. The number of hydrogen-bond acceptors (Lipinski definition) is 13. The minimum absolute atomic E-state index is 0.00820. The third kappa shape index (κ3) is 6.35. The van der Waals surface area contributed by atoms with Gasteiger partial charge >= 0.3 is 12.1 Å². The van der Waals surface area contributed by atoms with E-state index in [1.54, 1.807) is 15.4 Å². The maximum Gasteiger partial charge on any atom is 0.435 e. The molecule has 2 N–H and O–H groups in total. The third-order valence-electron chi connectivity index (χ3n) is 11.1. The van der Waals surface area contributed by atoms with Crippen molar-refractivity contribution in [1.82, 2.24) is 54.1 Å². The van der Waals surface area contributed by atoms with E-state index in [9.17, 15) is 13.2 Å². The van der Waals surface area contributed by atoms with E-state index in [0.717, 1.165) is 43.3 Å². The lowest BCUT2D eigenvalue weighted by molar-refractivity contribution is -0.713. The zero-order chi connectivity index (χ0) is 39.0. The Balaban J connectivity index is 1.15. The molecule has 0 radical (unpaired) electrons. The molecule has 0 amide bonds. The summed E-state index contributed by atoms with van der Waals surface area (Å²) in [6, 6.07) is -0.709. The number of aryl methyl sites for hydroxylation is 1. The van der Waals surface area contributed by atoms with E-state index in [0.29, 0.717) is 80.2 Å². The van der Waals surface area contributed by atoms with Gasteiger partial charge in [0.15, 0.2) is 22.2 Å². The second-order valence-electron chi connectivity index (χ2n) is 14.7. The normalized spacial score (nSPS) is 20.6. The fraction of sp³-hybridized carbons (Fsp3) is 0.543. The number of nitrogens with one attached hydrogen (secondary N) is 2. The van der Waals surface area contributed by atoms with Crippen LogP contribution < -0.4 is 24.7 Å². The number of fused-ring (bicyclic) bond motifs is 4. The molecule has 4 aliphatic heterocycles. The fourth-order valence-electron chi connectivity index (χ4n) is 8.14. The van der Waals surface area contributed by atoms with Crippen molar-refractivity contribution in [2.45, 2.75) is 83.3 Å². The quantitative estimate of drug-likeness (QED) is 0.225. The van der Waals surface area contributed by atoms with Gasteiger partial charge in [0.05, 0.1) is 54.8 Å². The molecule has 0 spiro atoms. The van der Waals surface area contributed by atoms with Crippen LogP contribution in [0.3, 0.4) is 0 Å². The van der Waals surface area contributed by atoms with Gasteiger partial charge in [-0.1, -0.05) is 16.6 Å². The third-order valence-corrected chi connectivity index (χ3v) is 11.3. The maximum absolute atomic E-state index is 14.5. The zero-order valence-electron chi connectivity index (χ0n) is 31.1. The fourth-order valence-corrected chi connectivity index (χ4v) is 8.37. The zero-order valence-corrected chi connectivity index (χ0v) is 31.8. The molecule has 57 heavy (non-hydrogen) atoms. The van der Waals surface area contributed by atoms with Crippen molar-refractivity contribution in [1.29, 1.82) is 0 Å². The van der Waals surface area contributed by atoms with Gasteiger partial charge in [-0.3, -0.25) is 9.36 Å². The van der Waals surface area contributed by atoms with Crippen molar-refractivity contribution in [3.63, 3.8) is 0 Å². The lowest BCUT2D eigenvalue weighted by Gasteiger charge is -2.23. The molecule has 2 fully saturated rings. The predicted octanol–water partition coefficient (Wildman–Crippen LogP) is 5.15. The number of halogens is 4. The lowest BCUT2D eigenvalue weighted by Crippen LogP contribution is -2.47. The Kier molecular flexibility index (Phi) is 8.85. The summed E-state index contributed by atoms with van der Waals surface area (Å²) in [6.07, 6.45) is 2.07. The Morgan fingerprint density at radius 1 is 0.789 bits per heavy atom. The summed E-state index contributed by atoms with van der Waals surface area (Å²) in [4.78, 5) is 14.0. The summed E-state index contributed by atoms with van der Waals surface area (Å²) in [5.41, 5.74) is 2.07. The molecule has 4 bridgehead atoms. The minimum atomic E-state index is -4.77. The summed E-state index contributed by atoms with van der Waals surface area (Å²) < 4.78 is 76.4. The average molecular weight is 812 g/mol. The molecule has 1 unspecified atom stereocenters. The molecule has 22 heteroatoms. The first-order valence-electron chi connectivity index (χ1n) is 19.0. The highest BCUT2D eigenvalue weighted by Crippen LogP contribution is 2.39. The van der Waals surface area contributed by atoms with Crippen LogP contribution in [0, 0.1) is 13.8 Å². The van der Waals surface area contributed by atoms with E-state index in [2.05, 4.69) is 30.8 Å². The van der Waals surface area contributed by atoms with Gasteiger partial charge in [-0.05, 0) is 39.5 Å². The van der Waals surface area contributed by atoms with Gasteiger partial charge in [0.2, 0.25) is 11.6 Å². The van der Waals surface area contributed by atoms with Gasteiger partial charge in [-0.25, -0.2) is 24.2 Å². The van der Waals surface area contributed by atoms with Crippen LogP contribution in [0.2, 0.25) is 5.15 Å². The van der Waals surface area contributed by atoms with Crippen LogP contribution in [0.4, 0.5) is 36.4 Å². The second kappa shape index (κ2) is 14.0. The maximum atomic E-state index is 14.5. The largest absolute Gasteiger partial charge is 0.474 e. The first kappa shape index (κ1) is 36.1. The SMILES string of the molecule is Cc1c2c(nn1C1CCOCC1)OCC([n+]1cc3c(Cl)nn4c3nc1Nc1c(nn([C@H]3CCCOC3)c1C)OCCC4)Cn1nc(C(F)(F)F)c3cnc(nc31)N2. The molecule has 10 heterocycles. The van der Waals surface area contributed by atoms with Gasteiger partial charge in [-0.2, -0.15) is 28.4 Å². The second-order valence-corrected chi connectivity index (χ2v) is 15.1. The number of anilines is 4. The van der Waals surface area contributed by atoms with E-state index in [1.807, 2.05) is 23.2 Å². The standard InChI is InChI=1S/C35H38ClF3N14O4/c1-18-25-32(48-52(18)20-6-11-54-12-7-20)57-17-22(14-51-29-23(13-40-33(41-25)43-29)27(45-51)35(37,38)39)49-15-24-28(36)46-50-8-4-10-56-31-26(42-34(49)44-30(24)50)19(2)53(47-31)21-5-3-9-55-16-21/h13,15,20-22H,3-12,14,16-17H2,1-2H3,(H,40,41,43,45)/p+1/t21-,22?/m0/s1. The number of alkyl halides is 3. The topological polar surface area (TPSA) is 175 Å². The summed E-state index contributed by atoms with van der Waals surface area (Å²) in [6.45, 7) is 6.87. The van der Waals surface area contributed by atoms with Gasteiger partial charge in [0.1, 0.15) is 23.7 Å². The number of aromatic nitrogens is 12. The summed E-state index contributed by atoms with van der Waals surface area (Å²) in [5, 5.41) is 25.7. The first-order valence-corrected chi connectivity index (χ1v) is 19.4. The van der Waals surface area contributed by atoms with Crippen LogP contribution in [0.1, 0.15) is 67.3 Å². The molecule has 6 aromatic heterocycles. The summed E-state index contributed by atoms with van der Waals surface area (Å²) in [7, 11) is 0. The molecule has 6 aromatic rings. The highest BCUT2D eigenvalue weighted by Gasteiger charge is 2.39. The number of rotatable bonds is 3. The predicted molar refractivity (Wildman–Crippen MR) is 196 cm³/mol. The molecule has 300 valence electrons. The molecule has 10 rings (SSSR count). The molecule has 0 saturated carbocycles. The molecule has 4 aliphatic rings. The molecule has 2 saturated heterocycles. The average Bonchev–Trinajstić information content (AvgIpc) is 3.92. The van der Waals surface area contributed by atoms with Gasteiger partial charge < -0.3 is 24.3 Å². The van der Waals surface area contributed by atoms with Crippen molar-refractivity contribution in [3.05, 3.63) is 34.6 Å². The molecular weight excluding hydrogens is 773 g/mol. The van der Waals surface area contributed by atoms with Crippen LogP contribution >= 0.6 is 11.6 Å². The Labute approximate surface area is 327 Å². The van der Waals surface area contributed by atoms with Crippen molar-refractivity contribution < 1.29 is 36.7 Å². The smallest absolute Gasteiger partial charge is 0.435 e. The van der Waals surface area contributed by atoms with Gasteiger partial charge in [-0.15, -0.1) is 10.2 Å². The van der Waals surface area contributed by atoms with E-state index in [4.69, 9.17) is 45.7 Å². The Morgan fingerprint density at radius 3 is 2.32 bits per heavy atom. The van der Waals surface area contributed by atoms with Crippen molar-refractivity contribution in [2.24, 2.45) is 0 Å².